The van der Waals surface area contributed by atoms with Crippen molar-refractivity contribution in [2.24, 2.45) is 38.9 Å². The number of ether oxygens (including phenoxy) is 1. The molecular weight excluding hydrogens is 438 g/mol. The third-order valence-corrected chi connectivity index (χ3v) is 13.6. The van der Waals surface area contributed by atoms with Gasteiger partial charge in [-0.1, -0.05) is 33.3 Å². The molecule has 0 aromatic heterocycles. The van der Waals surface area contributed by atoms with E-state index in [-0.39, 0.29) is 56.6 Å². The summed E-state index contributed by atoms with van der Waals surface area (Å²) in [4.78, 5) is 27.1. The fraction of sp³-hybridized carbons (Fsp3) is 0.867. The number of hydrogen-bond donors (Lipinski definition) is 2. The summed E-state index contributed by atoms with van der Waals surface area (Å²) in [6.07, 6.45) is 10.3. The van der Waals surface area contributed by atoms with Crippen LogP contribution >= 0.6 is 0 Å². The number of fused-ring (bicyclic) bond motifs is 6. The van der Waals surface area contributed by atoms with E-state index in [0.29, 0.717) is 5.78 Å². The minimum atomic E-state index is -0.485. The summed E-state index contributed by atoms with van der Waals surface area (Å²) in [5, 5.41) is 14.6. The number of hydrogen-bond acceptors (Lipinski definition) is 5. The van der Waals surface area contributed by atoms with Crippen LogP contribution in [0.15, 0.2) is 11.6 Å². The number of methoxy groups -OCH3 is 1. The summed E-state index contributed by atoms with van der Waals surface area (Å²) < 4.78 is 5.25. The Bertz CT molecular complexity index is 1050. The molecule has 5 heteroatoms. The zero-order chi connectivity index (χ0) is 25.4. The molecule has 0 aromatic carbocycles. The average Bonchev–Trinajstić information content (AvgIpc) is 3.45. The lowest BCUT2D eigenvalue weighted by atomic mass is 9.34. The number of nitrogens with one attached hydrogen (secondary N) is 1. The predicted molar refractivity (Wildman–Crippen MR) is 134 cm³/mol. The van der Waals surface area contributed by atoms with E-state index in [1.807, 2.05) is 0 Å². The van der Waals surface area contributed by atoms with Crippen molar-refractivity contribution in [3.05, 3.63) is 11.6 Å². The van der Waals surface area contributed by atoms with Crippen molar-refractivity contribution in [2.75, 3.05) is 7.11 Å². The SMILES string of the molecule is COC(=O)[C@@]1(C)CC[C@]2(C)CC[C@]3(C)C(=CC(=O)C4[C@@]5(C)CC[C@H](O)[C@@]6(C)N[C@@]56CC[C@]43C)[C@@H]2C1. The quantitative estimate of drug-likeness (QED) is 0.407. The molecule has 1 heterocycles. The van der Waals surface area contributed by atoms with Crippen LogP contribution in [0.4, 0.5) is 0 Å². The number of carbonyl (C=O) groups excluding carboxylic acids is 2. The highest BCUT2D eigenvalue weighted by atomic mass is 16.5. The lowest BCUT2D eigenvalue weighted by Gasteiger charge is -2.69. The van der Waals surface area contributed by atoms with Crippen LogP contribution in [0.5, 0.6) is 0 Å². The van der Waals surface area contributed by atoms with Gasteiger partial charge in [0.1, 0.15) is 0 Å². The second kappa shape index (κ2) is 6.62. The standard InChI is InChI=1S/C30H45NO4/c1-24-10-11-25(2,23(34)35-7)17-19(24)18-16-20(32)22-27(4,26(18,3)13-12-24)14-15-30-28(22,5)9-8-21(33)29(30,6)31-30/h16,19,21-22,31,33H,8-15,17H2,1-7H3/t19-,21-,22?,24+,25-,26+,27+,28+,29+,30-/m0/s1. The van der Waals surface area contributed by atoms with E-state index in [1.165, 1.54) is 12.7 Å². The number of rotatable bonds is 1. The first kappa shape index (κ1) is 24.2. The molecule has 1 aliphatic heterocycles. The van der Waals surface area contributed by atoms with Crippen molar-refractivity contribution in [3.63, 3.8) is 0 Å². The number of aliphatic hydroxyl groups is 1. The largest absolute Gasteiger partial charge is 0.469 e. The smallest absolute Gasteiger partial charge is 0.311 e. The van der Waals surface area contributed by atoms with E-state index in [2.05, 4.69) is 52.9 Å². The number of esters is 1. The Morgan fingerprint density at radius 2 is 1.66 bits per heavy atom. The van der Waals surface area contributed by atoms with Gasteiger partial charge in [0.05, 0.1) is 24.2 Å². The first-order valence-corrected chi connectivity index (χ1v) is 14.0. The molecule has 35 heavy (non-hydrogen) atoms. The van der Waals surface area contributed by atoms with Crippen molar-refractivity contribution < 1.29 is 19.4 Å². The molecule has 0 aromatic rings. The number of aliphatic hydroxyl groups excluding tert-OH is 1. The van der Waals surface area contributed by atoms with E-state index in [0.717, 1.165) is 57.8 Å². The maximum absolute atomic E-state index is 14.3. The minimum Gasteiger partial charge on any atom is -0.469 e. The van der Waals surface area contributed by atoms with E-state index in [9.17, 15) is 14.7 Å². The van der Waals surface area contributed by atoms with Gasteiger partial charge in [0.2, 0.25) is 0 Å². The minimum absolute atomic E-state index is 0.0423. The Labute approximate surface area is 210 Å². The van der Waals surface area contributed by atoms with Crippen molar-refractivity contribution in [3.8, 4) is 0 Å². The monoisotopic (exact) mass is 483 g/mol. The van der Waals surface area contributed by atoms with Crippen molar-refractivity contribution in [1.29, 1.82) is 0 Å². The molecular formula is C30H45NO4. The first-order chi connectivity index (χ1) is 16.2. The van der Waals surface area contributed by atoms with Crippen LogP contribution in [-0.4, -0.2) is 41.2 Å². The molecule has 0 amide bonds. The first-order valence-electron chi connectivity index (χ1n) is 14.0. The van der Waals surface area contributed by atoms with Crippen molar-refractivity contribution in [1.82, 2.24) is 5.32 Å². The maximum atomic E-state index is 14.3. The second-order valence-corrected chi connectivity index (χ2v) is 14.9. The molecule has 4 saturated carbocycles. The van der Waals surface area contributed by atoms with E-state index >= 15 is 0 Å². The maximum Gasteiger partial charge on any atom is 0.311 e. The molecule has 1 unspecified atom stereocenters. The summed E-state index contributed by atoms with van der Waals surface area (Å²) in [5.74, 6) is 0.385. The molecule has 2 N–H and O–H groups in total. The normalized spacial score (nSPS) is 58.6. The Kier molecular flexibility index (Phi) is 4.57. The molecule has 194 valence electrons. The summed E-state index contributed by atoms with van der Waals surface area (Å²) in [6.45, 7) is 13.8. The van der Waals surface area contributed by atoms with E-state index in [4.69, 9.17) is 4.74 Å². The molecule has 1 saturated heterocycles. The van der Waals surface area contributed by atoms with Gasteiger partial charge in [0, 0.05) is 11.5 Å². The zero-order valence-corrected chi connectivity index (χ0v) is 22.8. The highest BCUT2D eigenvalue weighted by Gasteiger charge is 2.82. The summed E-state index contributed by atoms with van der Waals surface area (Å²) in [6, 6.07) is 0. The highest BCUT2D eigenvalue weighted by Crippen LogP contribution is 2.77. The summed E-state index contributed by atoms with van der Waals surface area (Å²) >= 11 is 0. The molecule has 0 bridgehead atoms. The highest BCUT2D eigenvalue weighted by molar-refractivity contribution is 5.96. The van der Waals surface area contributed by atoms with Crippen LogP contribution in [0.25, 0.3) is 0 Å². The summed E-state index contributed by atoms with van der Waals surface area (Å²) in [7, 11) is 1.50. The van der Waals surface area contributed by atoms with Gasteiger partial charge in [-0.3, -0.25) is 14.9 Å². The molecule has 6 aliphatic rings. The molecule has 5 fully saturated rings. The van der Waals surface area contributed by atoms with Crippen LogP contribution < -0.4 is 5.32 Å². The van der Waals surface area contributed by atoms with Crippen LogP contribution in [0, 0.1) is 38.9 Å². The van der Waals surface area contributed by atoms with Gasteiger partial charge < -0.3 is 9.84 Å². The van der Waals surface area contributed by atoms with Gasteiger partial charge in [0.25, 0.3) is 0 Å². The number of ketones is 1. The fourth-order valence-electron chi connectivity index (χ4n) is 10.9. The fourth-order valence-corrected chi connectivity index (χ4v) is 10.9. The van der Waals surface area contributed by atoms with Crippen LogP contribution in [0.1, 0.15) is 99.3 Å². The van der Waals surface area contributed by atoms with Crippen LogP contribution in [0.2, 0.25) is 0 Å². The molecule has 5 nitrogen and oxygen atoms in total. The van der Waals surface area contributed by atoms with Gasteiger partial charge in [-0.25, -0.2) is 0 Å². The van der Waals surface area contributed by atoms with Crippen LogP contribution in [0.3, 0.4) is 0 Å². The molecule has 6 rings (SSSR count). The molecule has 0 radical (unpaired) electrons. The van der Waals surface area contributed by atoms with Gasteiger partial charge >= 0.3 is 5.97 Å². The van der Waals surface area contributed by atoms with E-state index in [1.54, 1.807) is 0 Å². The third kappa shape index (κ3) is 2.49. The second-order valence-electron chi connectivity index (χ2n) is 14.9. The molecule has 5 aliphatic carbocycles. The Morgan fingerprint density at radius 1 is 0.971 bits per heavy atom. The average molecular weight is 484 g/mol. The van der Waals surface area contributed by atoms with Gasteiger partial charge in [0.15, 0.2) is 5.78 Å². The molecule has 1 spiro atoms. The van der Waals surface area contributed by atoms with Gasteiger partial charge in [-0.2, -0.15) is 0 Å². The Balaban J connectivity index is 1.46. The Morgan fingerprint density at radius 3 is 2.34 bits per heavy atom. The predicted octanol–water partition coefficient (Wildman–Crippen LogP) is 4.96. The van der Waals surface area contributed by atoms with Crippen molar-refractivity contribution >= 4 is 11.8 Å². The van der Waals surface area contributed by atoms with Gasteiger partial charge in [-0.15, -0.1) is 0 Å². The topological polar surface area (TPSA) is 85.5 Å². The lowest BCUT2D eigenvalue weighted by Crippen LogP contribution is -2.68. The Hall–Kier alpha value is -1.20. The van der Waals surface area contributed by atoms with E-state index < -0.39 is 5.41 Å². The summed E-state index contributed by atoms with van der Waals surface area (Å²) in [5.41, 5.74) is 0.211. The van der Waals surface area contributed by atoms with Crippen molar-refractivity contribution in [2.45, 2.75) is 117 Å². The van der Waals surface area contributed by atoms with Gasteiger partial charge in [-0.05, 0) is 105 Å². The third-order valence-electron chi connectivity index (χ3n) is 13.6. The number of carbonyl (C=O) groups is 2. The number of allylic oxidation sites excluding steroid dienone is 2. The van der Waals surface area contributed by atoms with Crippen LogP contribution in [-0.2, 0) is 14.3 Å². The molecule has 10 atom stereocenters. The lowest BCUT2D eigenvalue weighted by molar-refractivity contribution is -0.171. The zero-order valence-electron chi connectivity index (χ0n) is 22.8.